The minimum Gasteiger partial charge on any atom is -0.462 e. The van der Waals surface area contributed by atoms with Crippen molar-refractivity contribution < 1.29 is 42.1 Å². The molecule has 2 atom stereocenters. The molecule has 0 aliphatic rings. The highest BCUT2D eigenvalue weighted by Crippen LogP contribution is 2.43. The van der Waals surface area contributed by atoms with Crippen molar-refractivity contribution in [1.82, 2.24) is 0 Å². The van der Waals surface area contributed by atoms with Gasteiger partial charge in [0.1, 0.15) is 19.8 Å². The van der Waals surface area contributed by atoms with Crippen LogP contribution in [0.2, 0.25) is 0 Å². The Hall–Kier alpha value is -2.03. The van der Waals surface area contributed by atoms with Gasteiger partial charge in [-0.2, -0.15) is 0 Å². The number of hydrogen-bond donors (Lipinski definition) is 1. The van der Waals surface area contributed by atoms with Crippen molar-refractivity contribution in [3.63, 3.8) is 0 Å². The number of quaternary nitrogens is 1. The molecule has 356 valence electrons. The molecular formula is C51H95NO8P+. The lowest BCUT2D eigenvalue weighted by Gasteiger charge is -2.24. The van der Waals surface area contributed by atoms with Gasteiger partial charge in [-0.15, -0.1) is 0 Å². The van der Waals surface area contributed by atoms with E-state index in [4.69, 9.17) is 18.5 Å². The summed E-state index contributed by atoms with van der Waals surface area (Å²) in [5.41, 5.74) is 0. The smallest absolute Gasteiger partial charge is 0.462 e. The molecule has 0 aromatic heterocycles. The Balaban J connectivity index is 4.34. The minimum absolute atomic E-state index is 0.0250. The molecule has 0 aromatic carbocycles. The van der Waals surface area contributed by atoms with Crippen LogP contribution in [0.3, 0.4) is 0 Å². The third-order valence-electron chi connectivity index (χ3n) is 10.6. The molecule has 1 unspecified atom stereocenters. The molecule has 0 heterocycles. The lowest BCUT2D eigenvalue weighted by atomic mass is 10.0. The Morgan fingerprint density at radius 2 is 0.885 bits per heavy atom. The lowest BCUT2D eigenvalue weighted by molar-refractivity contribution is -0.870. The van der Waals surface area contributed by atoms with Crippen LogP contribution in [0.25, 0.3) is 0 Å². The molecule has 10 heteroatoms. The summed E-state index contributed by atoms with van der Waals surface area (Å²) in [5, 5.41) is 0. The van der Waals surface area contributed by atoms with Gasteiger partial charge in [-0.3, -0.25) is 18.6 Å². The van der Waals surface area contributed by atoms with Crippen LogP contribution in [0, 0.1) is 0 Å². The van der Waals surface area contributed by atoms with E-state index in [0.717, 1.165) is 57.8 Å². The highest BCUT2D eigenvalue weighted by atomic mass is 31.2. The maximum absolute atomic E-state index is 12.7. The molecule has 61 heavy (non-hydrogen) atoms. The first-order valence-electron chi connectivity index (χ1n) is 24.9. The van der Waals surface area contributed by atoms with Gasteiger partial charge in [0.15, 0.2) is 6.10 Å². The molecular weight excluding hydrogens is 786 g/mol. The summed E-state index contributed by atoms with van der Waals surface area (Å²) in [6, 6.07) is 0. The second kappa shape index (κ2) is 43.2. The van der Waals surface area contributed by atoms with Crippen LogP contribution >= 0.6 is 7.82 Å². The molecule has 0 amide bonds. The Bertz CT molecular complexity index is 1180. The van der Waals surface area contributed by atoms with Crippen LogP contribution in [0.4, 0.5) is 0 Å². The Labute approximate surface area is 375 Å². The van der Waals surface area contributed by atoms with Crippen LogP contribution in [0.1, 0.15) is 213 Å². The molecule has 1 N–H and O–H groups in total. The standard InChI is InChI=1S/C51H94NO8P/c1-6-8-10-12-14-16-18-20-22-24-26-28-30-32-34-36-38-40-42-44-51(54)60-49(48-59-61(55,56)58-46-45-52(3,4)5)47-57-50(53)43-41-39-37-35-33-31-29-27-25-23-21-19-17-15-13-11-9-7-2/h14,16,20,22,26,28,32,34,49H,6-13,15,17-19,21,23-25,27,29-31,33,35-48H2,1-5H3/p+1/b16-14-,22-20-,28-26-,34-32-/t49-/m1/s1. The van der Waals surface area contributed by atoms with Gasteiger partial charge in [-0.1, -0.05) is 191 Å². The van der Waals surface area contributed by atoms with E-state index in [9.17, 15) is 19.0 Å². The first kappa shape index (κ1) is 59.0. The predicted octanol–water partition coefficient (Wildman–Crippen LogP) is 14.6. The van der Waals surface area contributed by atoms with Crippen molar-refractivity contribution in [2.24, 2.45) is 0 Å². The predicted molar refractivity (Wildman–Crippen MR) is 257 cm³/mol. The van der Waals surface area contributed by atoms with Gasteiger partial charge >= 0.3 is 19.8 Å². The highest BCUT2D eigenvalue weighted by molar-refractivity contribution is 7.47. The van der Waals surface area contributed by atoms with Crippen molar-refractivity contribution in [2.45, 2.75) is 219 Å². The van der Waals surface area contributed by atoms with Crippen molar-refractivity contribution in [2.75, 3.05) is 47.5 Å². The van der Waals surface area contributed by atoms with Gasteiger partial charge in [0.05, 0.1) is 27.7 Å². The maximum atomic E-state index is 12.7. The summed E-state index contributed by atoms with van der Waals surface area (Å²) in [6.07, 6.45) is 51.6. The summed E-state index contributed by atoms with van der Waals surface area (Å²) in [4.78, 5) is 35.5. The van der Waals surface area contributed by atoms with E-state index in [1.54, 1.807) is 0 Å². The molecule has 0 bridgehead atoms. The van der Waals surface area contributed by atoms with E-state index in [-0.39, 0.29) is 32.0 Å². The van der Waals surface area contributed by atoms with Gasteiger partial charge in [-0.25, -0.2) is 4.57 Å². The fourth-order valence-corrected chi connectivity index (χ4v) is 7.45. The second-order valence-electron chi connectivity index (χ2n) is 17.9. The fraction of sp³-hybridized carbons (Fsp3) is 0.804. The van der Waals surface area contributed by atoms with Crippen molar-refractivity contribution >= 4 is 19.8 Å². The van der Waals surface area contributed by atoms with Gasteiger partial charge < -0.3 is 18.9 Å². The molecule has 0 aliphatic carbocycles. The SMILES string of the molecule is CCCCC/C=C\C/C=C\C/C=C\C/C=C\CCCCCC(=O)O[C@H](COC(=O)CCCCCCCCCCCCCCCCCCCC)COP(=O)(O)OCC[N+](C)(C)C. The third-order valence-corrected chi connectivity index (χ3v) is 11.6. The van der Waals surface area contributed by atoms with Crippen LogP contribution in [0.15, 0.2) is 48.6 Å². The van der Waals surface area contributed by atoms with E-state index in [2.05, 4.69) is 62.5 Å². The second-order valence-corrected chi connectivity index (χ2v) is 19.3. The van der Waals surface area contributed by atoms with E-state index in [0.29, 0.717) is 17.4 Å². The number of phosphoric acid groups is 1. The summed E-state index contributed by atoms with van der Waals surface area (Å²) >= 11 is 0. The van der Waals surface area contributed by atoms with E-state index >= 15 is 0 Å². The number of phosphoric ester groups is 1. The van der Waals surface area contributed by atoms with Gasteiger partial charge in [0.2, 0.25) is 0 Å². The molecule has 0 aliphatic heterocycles. The molecule has 0 saturated carbocycles. The number of allylic oxidation sites excluding steroid dienone is 8. The van der Waals surface area contributed by atoms with Crippen molar-refractivity contribution in [3.8, 4) is 0 Å². The normalized spacial score (nSPS) is 13.9. The average Bonchev–Trinajstić information content (AvgIpc) is 3.21. The zero-order valence-electron chi connectivity index (χ0n) is 40.1. The molecule has 0 aromatic rings. The quantitative estimate of drug-likeness (QED) is 0.0212. The van der Waals surface area contributed by atoms with Crippen LogP contribution in [-0.2, 0) is 32.7 Å². The van der Waals surface area contributed by atoms with E-state index in [1.165, 1.54) is 122 Å². The fourth-order valence-electron chi connectivity index (χ4n) is 6.70. The third kappa shape index (κ3) is 47.3. The van der Waals surface area contributed by atoms with Crippen molar-refractivity contribution in [3.05, 3.63) is 48.6 Å². The summed E-state index contributed by atoms with van der Waals surface area (Å²) < 4.78 is 34.4. The number of carbonyl (C=O) groups excluding carboxylic acids is 2. The number of rotatable bonds is 45. The Morgan fingerprint density at radius 1 is 0.508 bits per heavy atom. The van der Waals surface area contributed by atoms with E-state index < -0.39 is 26.5 Å². The van der Waals surface area contributed by atoms with Crippen LogP contribution < -0.4 is 0 Å². The number of nitrogens with zero attached hydrogens (tertiary/aromatic N) is 1. The molecule has 0 spiro atoms. The van der Waals surface area contributed by atoms with Crippen molar-refractivity contribution in [1.29, 1.82) is 0 Å². The summed E-state index contributed by atoms with van der Waals surface area (Å²) in [5.74, 6) is -0.828. The average molecular weight is 881 g/mol. The molecule has 0 fully saturated rings. The zero-order chi connectivity index (χ0) is 45.0. The van der Waals surface area contributed by atoms with Crippen LogP contribution in [-0.4, -0.2) is 74.9 Å². The summed E-state index contributed by atoms with van der Waals surface area (Å²) in [6.45, 7) is 4.38. The zero-order valence-corrected chi connectivity index (χ0v) is 41.0. The van der Waals surface area contributed by atoms with Crippen LogP contribution in [0.5, 0.6) is 0 Å². The first-order valence-corrected chi connectivity index (χ1v) is 26.4. The molecule has 0 rings (SSSR count). The Kier molecular flexibility index (Phi) is 41.8. The number of unbranched alkanes of at least 4 members (excludes halogenated alkanes) is 23. The molecule has 0 saturated heterocycles. The number of ether oxygens (including phenoxy) is 2. The number of hydrogen-bond acceptors (Lipinski definition) is 7. The topological polar surface area (TPSA) is 108 Å². The van der Waals surface area contributed by atoms with Gasteiger partial charge in [0.25, 0.3) is 0 Å². The molecule has 9 nitrogen and oxygen atoms in total. The maximum Gasteiger partial charge on any atom is 0.472 e. The Morgan fingerprint density at radius 3 is 1.34 bits per heavy atom. The lowest BCUT2D eigenvalue weighted by Crippen LogP contribution is -2.37. The molecule has 0 radical (unpaired) electrons. The number of likely N-dealkylation sites (N-methyl/N-ethyl adjacent to an activating group) is 1. The monoisotopic (exact) mass is 881 g/mol. The minimum atomic E-state index is -4.39. The summed E-state index contributed by atoms with van der Waals surface area (Å²) in [7, 11) is 1.46. The van der Waals surface area contributed by atoms with E-state index in [1.807, 2.05) is 21.1 Å². The number of carbonyl (C=O) groups is 2. The van der Waals surface area contributed by atoms with Gasteiger partial charge in [-0.05, 0) is 57.8 Å². The first-order chi connectivity index (χ1) is 29.5. The highest BCUT2D eigenvalue weighted by Gasteiger charge is 2.27. The van der Waals surface area contributed by atoms with Gasteiger partial charge in [0, 0.05) is 12.8 Å². The number of esters is 2. The largest absolute Gasteiger partial charge is 0.472 e.